The number of thioether (sulfide) groups is 1. The molecule has 1 amide bonds. The monoisotopic (exact) mass is 430 g/mol. The lowest BCUT2D eigenvalue weighted by Crippen LogP contribution is -2.39. The van der Waals surface area contributed by atoms with Crippen LogP contribution in [0.1, 0.15) is 24.0 Å². The van der Waals surface area contributed by atoms with Gasteiger partial charge in [-0.1, -0.05) is 60.3 Å². The van der Waals surface area contributed by atoms with Crippen molar-refractivity contribution in [3.05, 3.63) is 71.8 Å². The Morgan fingerprint density at radius 2 is 1.77 bits per heavy atom. The van der Waals surface area contributed by atoms with Crippen molar-refractivity contribution in [2.45, 2.75) is 31.3 Å². The van der Waals surface area contributed by atoms with Crippen molar-refractivity contribution in [2.75, 3.05) is 18.8 Å². The molecule has 0 aliphatic carbocycles. The second-order valence-corrected chi connectivity index (χ2v) is 9.27. The molecular formula is C25H26N4OS. The highest BCUT2D eigenvalue weighted by Gasteiger charge is 2.23. The zero-order chi connectivity index (χ0) is 21.2. The van der Waals surface area contributed by atoms with E-state index in [4.69, 9.17) is 0 Å². The molecule has 2 aromatic heterocycles. The number of carbonyl (C=O) groups is 1. The van der Waals surface area contributed by atoms with Crippen LogP contribution < -0.4 is 0 Å². The summed E-state index contributed by atoms with van der Waals surface area (Å²) in [6.45, 7) is 3.79. The number of fused-ring (bicyclic) bond motifs is 3. The third-order valence-corrected chi connectivity index (χ3v) is 7.15. The van der Waals surface area contributed by atoms with Crippen molar-refractivity contribution in [3.8, 4) is 0 Å². The standard InChI is InChI=1S/C25H26N4OS/c1-18-15-23-26-27-25(29(23)22-10-6-5-9-21(18)22)31-17-24(30)28-13-11-20(12-14-28)16-19-7-3-2-4-8-19/h2-10,15,20H,11-14,16-17H2,1H3. The summed E-state index contributed by atoms with van der Waals surface area (Å²) in [4.78, 5) is 14.9. The van der Waals surface area contributed by atoms with E-state index in [1.54, 1.807) is 0 Å². The minimum atomic E-state index is 0.191. The number of piperidine rings is 1. The van der Waals surface area contributed by atoms with Crippen molar-refractivity contribution in [2.24, 2.45) is 5.92 Å². The maximum atomic E-state index is 12.9. The van der Waals surface area contributed by atoms with Crippen LogP contribution in [0.5, 0.6) is 0 Å². The highest BCUT2D eigenvalue weighted by molar-refractivity contribution is 7.99. The normalized spacial score (nSPS) is 15.1. The molecule has 0 unspecified atom stereocenters. The Hall–Kier alpha value is -2.86. The molecule has 5 nitrogen and oxygen atoms in total. The first kappa shape index (κ1) is 20.1. The van der Waals surface area contributed by atoms with Gasteiger partial charge < -0.3 is 4.90 Å². The average Bonchev–Trinajstić information content (AvgIpc) is 3.22. The fourth-order valence-electron chi connectivity index (χ4n) is 4.52. The van der Waals surface area contributed by atoms with Gasteiger partial charge in [-0.15, -0.1) is 10.2 Å². The first-order valence-corrected chi connectivity index (χ1v) is 11.9. The minimum Gasteiger partial charge on any atom is -0.342 e. The summed E-state index contributed by atoms with van der Waals surface area (Å²) in [5.74, 6) is 1.25. The first-order chi connectivity index (χ1) is 15.2. The molecule has 0 atom stereocenters. The Balaban J connectivity index is 1.22. The van der Waals surface area contributed by atoms with Gasteiger partial charge in [-0.05, 0) is 55.4 Å². The van der Waals surface area contributed by atoms with Crippen LogP contribution in [0.2, 0.25) is 0 Å². The number of hydrogen-bond donors (Lipinski definition) is 0. The lowest BCUT2D eigenvalue weighted by Gasteiger charge is -2.32. The molecule has 5 rings (SSSR count). The Morgan fingerprint density at radius 3 is 2.58 bits per heavy atom. The molecule has 31 heavy (non-hydrogen) atoms. The largest absolute Gasteiger partial charge is 0.342 e. The Bertz CT molecular complexity index is 1210. The van der Waals surface area contributed by atoms with Crippen molar-refractivity contribution in [1.29, 1.82) is 0 Å². The van der Waals surface area contributed by atoms with Gasteiger partial charge in [0.15, 0.2) is 10.8 Å². The summed E-state index contributed by atoms with van der Waals surface area (Å²) in [5, 5.41) is 10.7. The van der Waals surface area contributed by atoms with Gasteiger partial charge in [0.1, 0.15) is 0 Å². The first-order valence-electron chi connectivity index (χ1n) is 10.9. The van der Waals surface area contributed by atoms with E-state index >= 15 is 0 Å². The summed E-state index contributed by atoms with van der Waals surface area (Å²) in [7, 11) is 0. The Morgan fingerprint density at radius 1 is 1.03 bits per heavy atom. The van der Waals surface area contributed by atoms with E-state index in [2.05, 4.69) is 70.1 Å². The smallest absolute Gasteiger partial charge is 0.233 e. The maximum Gasteiger partial charge on any atom is 0.233 e. The highest BCUT2D eigenvalue weighted by Crippen LogP contribution is 2.27. The molecule has 0 N–H and O–H groups in total. The Kier molecular flexibility index (Phi) is 5.64. The predicted molar refractivity (Wildman–Crippen MR) is 125 cm³/mol. The number of likely N-dealkylation sites (tertiary alicyclic amines) is 1. The van der Waals surface area contributed by atoms with Gasteiger partial charge in [0.25, 0.3) is 0 Å². The number of amides is 1. The summed E-state index contributed by atoms with van der Waals surface area (Å²) >= 11 is 1.48. The summed E-state index contributed by atoms with van der Waals surface area (Å²) in [6, 6.07) is 21.0. The third-order valence-electron chi connectivity index (χ3n) is 6.23. The van der Waals surface area contributed by atoms with Gasteiger partial charge >= 0.3 is 0 Å². The second kappa shape index (κ2) is 8.71. The van der Waals surface area contributed by atoms with Crippen molar-refractivity contribution >= 4 is 34.2 Å². The van der Waals surface area contributed by atoms with Crippen molar-refractivity contribution in [1.82, 2.24) is 19.5 Å². The molecule has 4 aromatic rings. The fourth-order valence-corrected chi connectivity index (χ4v) is 5.37. The molecule has 2 aromatic carbocycles. The third kappa shape index (κ3) is 4.17. The molecule has 0 radical (unpaired) electrons. The van der Waals surface area contributed by atoms with E-state index in [9.17, 15) is 4.79 Å². The molecule has 0 spiro atoms. The van der Waals surface area contributed by atoms with E-state index in [0.717, 1.165) is 48.7 Å². The van der Waals surface area contributed by atoms with Gasteiger partial charge in [-0.2, -0.15) is 0 Å². The molecular weight excluding hydrogens is 404 g/mol. The lowest BCUT2D eigenvalue weighted by molar-refractivity contribution is -0.129. The zero-order valence-electron chi connectivity index (χ0n) is 17.7. The van der Waals surface area contributed by atoms with Crippen LogP contribution >= 0.6 is 11.8 Å². The SMILES string of the molecule is Cc1cc2nnc(SCC(=O)N3CCC(Cc4ccccc4)CC3)n2c2ccccc12. The summed E-state index contributed by atoms with van der Waals surface area (Å²) in [5.41, 5.74) is 4.48. The number of rotatable bonds is 5. The number of carbonyl (C=O) groups excluding carboxylic acids is 1. The van der Waals surface area contributed by atoms with Gasteiger partial charge in [0.2, 0.25) is 5.91 Å². The molecule has 3 heterocycles. The van der Waals surface area contributed by atoms with Crippen molar-refractivity contribution < 1.29 is 4.79 Å². The number of pyridine rings is 1. The van der Waals surface area contributed by atoms with Gasteiger partial charge in [-0.25, -0.2) is 0 Å². The number of hydrogen-bond acceptors (Lipinski definition) is 4. The van der Waals surface area contributed by atoms with Gasteiger partial charge in [0.05, 0.1) is 11.3 Å². The summed E-state index contributed by atoms with van der Waals surface area (Å²) < 4.78 is 2.06. The van der Waals surface area contributed by atoms with Crippen molar-refractivity contribution in [3.63, 3.8) is 0 Å². The fraction of sp³-hybridized carbons (Fsp3) is 0.320. The predicted octanol–water partition coefficient (Wildman–Crippen LogP) is 4.76. The number of nitrogens with zero attached hydrogens (tertiary/aromatic N) is 4. The molecule has 1 aliphatic heterocycles. The quantitative estimate of drug-likeness (QED) is 0.428. The number of benzene rings is 2. The van der Waals surface area contributed by atoms with Gasteiger partial charge in [0, 0.05) is 18.5 Å². The van der Waals surface area contributed by atoms with Crippen LogP contribution in [0.4, 0.5) is 0 Å². The topological polar surface area (TPSA) is 50.5 Å². The van der Waals surface area contributed by atoms with Crippen LogP contribution in [0, 0.1) is 12.8 Å². The lowest BCUT2D eigenvalue weighted by atomic mass is 9.90. The van der Waals surface area contributed by atoms with Crippen LogP contribution in [0.25, 0.3) is 16.6 Å². The number of aryl methyl sites for hydroxylation is 1. The van der Waals surface area contributed by atoms with Crippen LogP contribution in [-0.4, -0.2) is 44.2 Å². The molecule has 1 aliphatic rings. The number of aromatic nitrogens is 3. The highest BCUT2D eigenvalue weighted by atomic mass is 32.2. The van der Waals surface area contributed by atoms with E-state index in [0.29, 0.717) is 11.7 Å². The molecule has 1 saturated heterocycles. The number of para-hydroxylation sites is 1. The zero-order valence-corrected chi connectivity index (χ0v) is 18.5. The molecule has 1 fully saturated rings. The molecule has 6 heteroatoms. The van der Waals surface area contributed by atoms with Crippen LogP contribution in [-0.2, 0) is 11.2 Å². The van der Waals surface area contributed by atoms with E-state index < -0.39 is 0 Å². The summed E-state index contributed by atoms with van der Waals surface area (Å²) in [6.07, 6.45) is 3.25. The maximum absolute atomic E-state index is 12.9. The molecule has 0 saturated carbocycles. The van der Waals surface area contributed by atoms with Gasteiger partial charge in [-0.3, -0.25) is 9.20 Å². The van der Waals surface area contributed by atoms with Crippen LogP contribution in [0.15, 0.2) is 65.8 Å². The Labute approximate surface area is 186 Å². The van der Waals surface area contributed by atoms with Crippen LogP contribution in [0.3, 0.4) is 0 Å². The molecule has 158 valence electrons. The van der Waals surface area contributed by atoms with E-state index in [1.807, 2.05) is 17.0 Å². The minimum absolute atomic E-state index is 0.191. The average molecular weight is 431 g/mol. The van der Waals surface area contributed by atoms with E-state index in [-0.39, 0.29) is 5.91 Å². The van der Waals surface area contributed by atoms with E-state index in [1.165, 1.54) is 28.3 Å². The molecule has 0 bridgehead atoms. The second-order valence-electron chi connectivity index (χ2n) is 8.32.